The molecule has 0 radical (unpaired) electrons. The van der Waals surface area contributed by atoms with E-state index in [0.29, 0.717) is 11.4 Å². The number of aromatic nitrogens is 1. The quantitative estimate of drug-likeness (QED) is 0.940. The molecule has 0 unspecified atom stereocenters. The number of carbonyl (C=O) groups is 1. The summed E-state index contributed by atoms with van der Waals surface area (Å²) in [6.45, 7) is 1.72. The number of halogens is 1. The van der Waals surface area contributed by atoms with Crippen LogP contribution in [0.2, 0.25) is 0 Å². The number of rotatable bonds is 3. The molecule has 4 nitrogen and oxygen atoms in total. The van der Waals surface area contributed by atoms with Crippen LogP contribution in [0.15, 0.2) is 40.9 Å². The molecule has 0 aliphatic heterocycles. The molecule has 1 aromatic carbocycles. The lowest BCUT2D eigenvalue weighted by Crippen LogP contribution is -1.99. The van der Waals surface area contributed by atoms with E-state index in [2.05, 4.69) is 20.9 Å². The summed E-state index contributed by atoms with van der Waals surface area (Å²) in [7, 11) is 0. The van der Waals surface area contributed by atoms with Gasteiger partial charge in [0.2, 0.25) is 5.88 Å². The SMILES string of the molecule is Cc1cc(C(=O)O)cc(Oc2cccc(Br)c2)n1. The van der Waals surface area contributed by atoms with E-state index in [1.54, 1.807) is 19.1 Å². The number of ether oxygens (including phenoxy) is 1. The Morgan fingerprint density at radius 2 is 2.11 bits per heavy atom. The second kappa shape index (κ2) is 5.18. The predicted molar refractivity (Wildman–Crippen MR) is 70.1 cm³/mol. The molecule has 1 heterocycles. The van der Waals surface area contributed by atoms with Gasteiger partial charge in [0, 0.05) is 16.2 Å². The van der Waals surface area contributed by atoms with E-state index in [4.69, 9.17) is 9.84 Å². The molecule has 0 bridgehead atoms. The number of aryl methyl sites for hydroxylation is 1. The molecule has 18 heavy (non-hydrogen) atoms. The Morgan fingerprint density at radius 3 is 2.78 bits per heavy atom. The topological polar surface area (TPSA) is 59.4 Å². The Morgan fingerprint density at radius 1 is 1.33 bits per heavy atom. The molecule has 1 N–H and O–H groups in total. The van der Waals surface area contributed by atoms with Crippen molar-refractivity contribution in [2.75, 3.05) is 0 Å². The van der Waals surface area contributed by atoms with Crippen LogP contribution in [0.3, 0.4) is 0 Å². The van der Waals surface area contributed by atoms with Gasteiger partial charge in [-0.2, -0.15) is 0 Å². The van der Waals surface area contributed by atoms with E-state index in [0.717, 1.165) is 4.47 Å². The minimum Gasteiger partial charge on any atom is -0.478 e. The van der Waals surface area contributed by atoms with Crippen LogP contribution in [0.5, 0.6) is 11.6 Å². The van der Waals surface area contributed by atoms with Crippen molar-refractivity contribution in [1.29, 1.82) is 0 Å². The Hall–Kier alpha value is -1.88. The Labute approximate surface area is 112 Å². The molecule has 92 valence electrons. The predicted octanol–water partition coefficient (Wildman–Crippen LogP) is 3.64. The van der Waals surface area contributed by atoms with E-state index in [1.165, 1.54) is 12.1 Å². The van der Waals surface area contributed by atoms with Crippen LogP contribution in [0.25, 0.3) is 0 Å². The zero-order valence-electron chi connectivity index (χ0n) is 9.55. The van der Waals surface area contributed by atoms with Gasteiger partial charge < -0.3 is 9.84 Å². The lowest BCUT2D eigenvalue weighted by atomic mass is 10.2. The Bertz CT molecular complexity index is 599. The molecule has 0 atom stereocenters. The van der Waals surface area contributed by atoms with Gasteiger partial charge in [-0.05, 0) is 31.2 Å². The third-order valence-corrected chi connectivity index (χ3v) is 2.69. The van der Waals surface area contributed by atoms with Gasteiger partial charge in [-0.1, -0.05) is 22.0 Å². The van der Waals surface area contributed by atoms with E-state index in [-0.39, 0.29) is 11.4 Å². The van der Waals surface area contributed by atoms with Crippen molar-refractivity contribution < 1.29 is 14.6 Å². The van der Waals surface area contributed by atoms with Crippen molar-refractivity contribution in [2.45, 2.75) is 6.92 Å². The van der Waals surface area contributed by atoms with Crippen LogP contribution in [-0.4, -0.2) is 16.1 Å². The van der Waals surface area contributed by atoms with Gasteiger partial charge in [-0.3, -0.25) is 0 Å². The molecule has 2 aromatic rings. The minimum absolute atomic E-state index is 0.160. The van der Waals surface area contributed by atoms with Crippen LogP contribution < -0.4 is 4.74 Å². The van der Waals surface area contributed by atoms with Gasteiger partial charge in [0.25, 0.3) is 0 Å². The monoisotopic (exact) mass is 307 g/mol. The summed E-state index contributed by atoms with van der Waals surface area (Å²) < 4.78 is 6.41. The van der Waals surface area contributed by atoms with E-state index in [1.807, 2.05) is 12.1 Å². The van der Waals surface area contributed by atoms with Crippen molar-refractivity contribution in [3.8, 4) is 11.6 Å². The number of aromatic carboxylic acids is 1. The second-order valence-electron chi connectivity index (χ2n) is 3.70. The first-order chi connectivity index (χ1) is 8.54. The molecular formula is C13H10BrNO3. The average molecular weight is 308 g/mol. The highest BCUT2D eigenvalue weighted by molar-refractivity contribution is 9.10. The smallest absolute Gasteiger partial charge is 0.335 e. The summed E-state index contributed by atoms with van der Waals surface area (Å²) in [6.07, 6.45) is 0. The zero-order chi connectivity index (χ0) is 13.1. The first-order valence-electron chi connectivity index (χ1n) is 5.20. The molecule has 0 spiro atoms. The fourth-order valence-corrected chi connectivity index (χ4v) is 1.84. The van der Waals surface area contributed by atoms with Crippen molar-refractivity contribution >= 4 is 21.9 Å². The van der Waals surface area contributed by atoms with Crippen molar-refractivity contribution in [1.82, 2.24) is 4.98 Å². The summed E-state index contributed by atoms with van der Waals surface area (Å²) in [5.41, 5.74) is 0.757. The fourth-order valence-electron chi connectivity index (χ4n) is 1.47. The highest BCUT2D eigenvalue weighted by Crippen LogP contribution is 2.24. The molecule has 0 saturated carbocycles. The number of benzene rings is 1. The maximum Gasteiger partial charge on any atom is 0.335 e. The number of hydrogen-bond acceptors (Lipinski definition) is 3. The van der Waals surface area contributed by atoms with Crippen molar-refractivity contribution in [3.05, 3.63) is 52.1 Å². The molecule has 2 rings (SSSR count). The molecular weight excluding hydrogens is 298 g/mol. The minimum atomic E-state index is -1.00. The third-order valence-electron chi connectivity index (χ3n) is 2.20. The molecule has 1 aromatic heterocycles. The average Bonchev–Trinajstić information content (AvgIpc) is 2.28. The van der Waals surface area contributed by atoms with E-state index < -0.39 is 5.97 Å². The third kappa shape index (κ3) is 3.07. The number of hydrogen-bond donors (Lipinski definition) is 1. The highest BCUT2D eigenvalue weighted by atomic mass is 79.9. The van der Waals surface area contributed by atoms with E-state index in [9.17, 15) is 4.79 Å². The first kappa shape index (κ1) is 12.6. The Kier molecular flexibility index (Phi) is 3.62. The zero-order valence-corrected chi connectivity index (χ0v) is 11.1. The molecule has 0 aliphatic rings. The molecule has 0 amide bonds. The normalized spacial score (nSPS) is 10.1. The summed E-state index contributed by atoms with van der Waals surface area (Å²) in [5, 5.41) is 8.95. The standard InChI is InChI=1S/C13H10BrNO3/c1-8-5-9(13(16)17)6-12(15-8)18-11-4-2-3-10(14)7-11/h2-7H,1H3,(H,16,17). The number of carboxylic acids is 1. The molecule has 0 saturated heterocycles. The van der Waals surface area contributed by atoms with Gasteiger partial charge >= 0.3 is 5.97 Å². The summed E-state index contributed by atoms with van der Waals surface area (Å²) in [5.74, 6) is -0.135. The van der Waals surface area contributed by atoms with Gasteiger partial charge in [0.05, 0.1) is 5.56 Å². The highest BCUT2D eigenvalue weighted by Gasteiger charge is 2.08. The summed E-state index contributed by atoms with van der Waals surface area (Å²) in [4.78, 5) is 15.1. The van der Waals surface area contributed by atoms with Gasteiger partial charge in [-0.15, -0.1) is 0 Å². The molecule has 0 aliphatic carbocycles. The van der Waals surface area contributed by atoms with Crippen LogP contribution in [0, 0.1) is 6.92 Å². The van der Waals surface area contributed by atoms with Crippen molar-refractivity contribution in [2.24, 2.45) is 0 Å². The summed E-state index contributed by atoms with van der Waals surface area (Å²) in [6, 6.07) is 10.2. The van der Waals surface area contributed by atoms with Gasteiger partial charge in [0.1, 0.15) is 5.75 Å². The number of carboxylic acid groups (broad SMARTS) is 1. The maximum atomic E-state index is 10.9. The number of pyridine rings is 1. The molecule has 0 fully saturated rings. The fraction of sp³-hybridized carbons (Fsp3) is 0.0769. The van der Waals surface area contributed by atoms with Crippen LogP contribution in [-0.2, 0) is 0 Å². The second-order valence-corrected chi connectivity index (χ2v) is 4.62. The van der Waals surface area contributed by atoms with Crippen LogP contribution in [0.1, 0.15) is 16.1 Å². The maximum absolute atomic E-state index is 10.9. The van der Waals surface area contributed by atoms with Gasteiger partial charge in [0.15, 0.2) is 0 Å². The van der Waals surface area contributed by atoms with E-state index >= 15 is 0 Å². The largest absolute Gasteiger partial charge is 0.478 e. The lowest BCUT2D eigenvalue weighted by Gasteiger charge is -2.07. The number of nitrogens with zero attached hydrogens (tertiary/aromatic N) is 1. The van der Waals surface area contributed by atoms with Gasteiger partial charge in [-0.25, -0.2) is 9.78 Å². The molecule has 5 heteroatoms. The van der Waals surface area contributed by atoms with Crippen LogP contribution >= 0.6 is 15.9 Å². The first-order valence-corrected chi connectivity index (χ1v) is 5.99. The Balaban J connectivity index is 2.31. The van der Waals surface area contributed by atoms with Crippen LogP contribution in [0.4, 0.5) is 0 Å². The summed E-state index contributed by atoms with van der Waals surface area (Å²) >= 11 is 3.33. The lowest BCUT2D eigenvalue weighted by molar-refractivity contribution is 0.0696. The van der Waals surface area contributed by atoms with Crippen molar-refractivity contribution in [3.63, 3.8) is 0 Å².